The van der Waals surface area contributed by atoms with Gasteiger partial charge in [0.2, 0.25) is 0 Å². The Balaban J connectivity index is 2.29. The van der Waals surface area contributed by atoms with E-state index in [4.69, 9.17) is 0 Å². The van der Waals surface area contributed by atoms with Gasteiger partial charge in [-0.2, -0.15) is 10.9 Å². The standard InChI is InChI=1S/C24H24F4O4S3/c1-14(2)34(29,30)23-19(25)10-17(11-20(23)26)33(16-8-6-5-7-9-16)18-12-21(27)24(22(28)13-18)35(31,32)15(3)4/h5-15,33H,1-4H3. The summed E-state index contributed by atoms with van der Waals surface area (Å²) in [7, 11) is -10.6. The predicted molar refractivity (Wildman–Crippen MR) is 128 cm³/mol. The first-order valence-electron chi connectivity index (χ1n) is 10.5. The van der Waals surface area contributed by atoms with Gasteiger partial charge in [0.1, 0.15) is 33.1 Å². The Kier molecular flexibility index (Phi) is 7.73. The van der Waals surface area contributed by atoms with Crippen LogP contribution in [0.5, 0.6) is 0 Å². The van der Waals surface area contributed by atoms with Crippen LogP contribution in [0.25, 0.3) is 0 Å². The van der Waals surface area contributed by atoms with E-state index < -0.39 is 74.1 Å². The first-order valence-corrected chi connectivity index (χ1v) is 14.9. The molecule has 3 aromatic rings. The molecule has 0 heterocycles. The highest BCUT2D eigenvalue weighted by atomic mass is 32.2. The van der Waals surface area contributed by atoms with E-state index in [2.05, 4.69) is 0 Å². The molecular weight excluding hydrogens is 524 g/mol. The van der Waals surface area contributed by atoms with E-state index in [0.717, 1.165) is 24.3 Å². The summed E-state index contributed by atoms with van der Waals surface area (Å²) >= 11 is 0. The Morgan fingerprint density at radius 3 is 1.17 bits per heavy atom. The molecule has 0 spiro atoms. The third-order valence-corrected chi connectivity index (χ3v) is 12.1. The Morgan fingerprint density at radius 1 is 0.571 bits per heavy atom. The second kappa shape index (κ2) is 9.94. The molecule has 4 nitrogen and oxygen atoms in total. The van der Waals surface area contributed by atoms with Crippen molar-refractivity contribution >= 4 is 30.6 Å². The highest BCUT2D eigenvalue weighted by Crippen LogP contribution is 2.52. The topological polar surface area (TPSA) is 68.3 Å². The van der Waals surface area contributed by atoms with Crippen molar-refractivity contribution in [1.29, 1.82) is 0 Å². The molecule has 0 aliphatic heterocycles. The summed E-state index contributed by atoms with van der Waals surface area (Å²) in [6, 6.07) is 11.5. The monoisotopic (exact) mass is 548 g/mol. The van der Waals surface area contributed by atoms with Crippen LogP contribution in [0.1, 0.15) is 27.7 Å². The number of thiol groups is 1. The molecule has 0 aromatic heterocycles. The third-order valence-electron chi connectivity index (χ3n) is 5.31. The van der Waals surface area contributed by atoms with Crippen molar-refractivity contribution in [3.05, 3.63) is 77.9 Å². The summed E-state index contributed by atoms with van der Waals surface area (Å²) in [5.74, 6) is -5.29. The van der Waals surface area contributed by atoms with Crippen molar-refractivity contribution in [3.8, 4) is 0 Å². The Bertz CT molecular complexity index is 1330. The summed E-state index contributed by atoms with van der Waals surface area (Å²) in [4.78, 5) is -1.77. The van der Waals surface area contributed by atoms with Gasteiger partial charge in [0, 0.05) is 9.79 Å². The van der Waals surface area contributed by atoms with E-state index in [9.17, 15) is 34.4 Å². The molecule has 3 rings (SSSR count). The zero-order chi connectivity index (χ0) is 26.3. The van der Waals surface area contributed by atoms with Gasteiger partial charge in [-0.1, -0.05) is 18.2 Å². The molecule has 0 fully saturated rings. The average Bonchev–Trinajstić information content (AvgIpc) is 2.73. The smallest absolute Gasteiger partial charge is 0.186 e. The average molecular weight is 549 g/mol. The Hall–Kier alpha value is -2.37. The van der Waals surface area contributed by atoms with Crippen LogP contribution in [-0.2, 0) is 19.7 Å². The molecular formula is C24H24F4O4S3. The van der Waals surface area contributed by atoms with Crippen LogP contribution in [-0.4, -0.2) is 27.3 Å². The molecule has 0 radical (unpaired) electrons. The van der Waals surface area contributed by atoms with Crippen molar-refractivity contribution in [2.45, 2.75) is 62.7 Å². The van der Waals surface area contributed by atoms with E-state index in [1.54, 1.807) is 30.3 Å². The van der Waals surface area contributed by atoms with E-state index in [0.29, 0.717) is 4.90 Å². The Labute approximate surface area is 205 Å². The highest BCUT2D eigenvalue weighted by Gasteiger charge is 2.31. The fraction of sp³-hybridized carbons (Fsp3) is 0.250. The molecule has 0 bridgehead atoms. The van der Waals surface area contributed by atoms with Gasteiger partial charge < -0.3 is 0 Å². The van der Waals surface area contributed by atoms with E-state index >= 15 is 0 Å². The number of halogens is 4. The van der Waals surface area contributed by atoms with E-state index in [1.165, 1.54) is 27.7 Å². The molecule has 35 heavy (non-hydrogen) atoms. The number of hydrogen-bond acceptors (Lipinski definition) is 4. The SMILES string of the molecule is CC(C)S(=O)(=O)c1c(F)cc([SH](c2ccccc2)c2cc(F)c(S(=O)(=O)C(C)C)c(F)c2)cc1F. The lowest BCUT2D eigenvalue weighted by Crippen LogP contribution is -2.18. The molecule has 3 aromatic carbocycles. The van der Waals surface area contributed by atoms with Crippen LogP contribution in [0.3, 0.4) is 0 Å². The van der Waals surface area contributed by atoms with Gasteiger partial charge in [0.15, 0.2) is 19.7 Å². The van der Waals surface area contributed by atoms with Crippen molar-refractivity contribution in [2.75, 3.05) is 0 Å². The van der Waals surface area contributed by atoms with Gasteiger partial charge in [-0.3, -0.25) is 0 Å². The van der Waals surface area contributed by atoms with Crippen molar-refractivity contribution in [1.82, 2.24) is 0 Å². The molecule has 0 unspecified atom stereocenters. The fourth-order valence-electron chi connectivity index (χ4n) is 3.39. The molecule has 0 saturated carbocycles. The fourth-order valence-corrected chi connectivity index (χ4v) is 7.99. The zero-order valence-corrected chi connectivity index (χ0v) is 21.8. The number of rotatable bonds is 7. The quantitative estimate of drug-likeness (QED) is 0.287. The first kappa shape index (κ1) is 27.2. The number of benzene rings is 3. The van der Waals surface area contributed by atoms with Crippen LogP contribution in [0.4, 0.5) is 17.6 Å². The predicted octanol–water partition coefficient (Wildman–Crippen LogP) is 6.09. The summed E-state index contributed by atoms with van der Waals surface area (Å²) in [5, 5.41) is -2.15. The van der Waals surface area contributed by atoms with Crippen LogP contribution in [0.2, 0.25) is 0 Å². The molecule has 0 amide bonds. The molecule has 0 saturated heterocycles. The minimum atomic E-state index is -4.28. The van der Waals surface area contributed by atoms with Crippen LogP contribution in [0, 0.1) is 23.3 Å². The molecule has 190 valence electrons. The van der Waals surface area contributed by atoms with Gasteiger partial charge >= 0.3 is 0 Å². The van der Waals surface area contributed by atoms with Crippen molar-refractivity contribution < 1.29 is 34.4 Å². The van der Waals surface area contributed by atoms with Gasteiger partial charge in [0.25, 0.3) is 0 Å². The highest BCUT2D eigenvalue weighted by molar-refractivity contribution is 8.17. The molecule has 0 N–H and O–H groups in total. The van der Waals surface area contributed by atoms with E-state index in [1.807, 2.05) is 0 Å². The lowest BCUT2D eigenvalue weighted by atomic mass is 10.3. The van der Waals surface area contributed by atoms with Crippen LogP contribution >= 0.6 is 10.9 Å². The first-order chi connectivity index (χ1) is 16.2. The zero-order valence-electron chi connectivity index (χ0n) is 19.3. The minimum absolute atomic E-state index is 0.0397. The lowest BCUT2D eigenvalue weighted by Gasteiger charge is -2.25. The maximum Gasteiger partial charge on any atom is 0.186 e. The normalized spacial score (nSPS) is 12.9. The van der Waals surface area contributed by atoms with E-state index in [-0.39, 0.29) is 9.79 Å². The second-order valence-electron chi connectivity index (χ2n) is 8.34. The summed E-state index contributed by atoms with van der Waals surface area (Å²) in [6.45, 7) is 5.16. The van der Waals surface area contributed by atoms with Crippen molar-refractivity contribution in [3.63, 3.8) is 0 Å². The third kappa shape index (κ3) is 5.12. The number of hydrogen-bond donors (Lipinski definition) is 1. The molecule has 0 aliphatic rings. The summed E-state index contributed by atoms with van der Waals surface area (Å²) in [5.41, 5.74) is 0. The van der Waals surface area contributed by atoms with Crippen molar-refractivity contribution in [2.24, 2.45) is 0 Å². The maximum absolute atomic E-state index is 15.0. The maximum atomic E-state index is 15.0. The minimum Gasteiger partial charge on any atom is -0.223 e. The summed E-state index contributed by atoms with van der Waals surface area (Å²) < 4.78 is 110. The largest absolute Gasteiger partial charge is 0.223 e. The van der Waals surface area contributed by atoms with Gasteiger partial charge in [0.05, 0.1) is 10.5 Å². The van der Waals surface area contributed by atoms with Gasteiger partial charge in [-0.25, -0.2) is 34.4 Å². The molecule has 0 atom stereocenters. The molecule has 0 aliphatic carbocycles. The van der Waals surface area contributed by atoms with Gasteiger partial charge in [-0.15, -0.1) is 0 Å². The van der Waals surface area contributed by atoms with Crippen LogP contribution < -0.4 is 0 Å². The lowest BCUT2D eigenvalue weighted by molar-refractivity contribution is 0.511. The number of sulfone groups is 2. The Morgan fingerprint density at radius 2 is 0.886 bits per heavy atom. The molecule has 11 heteroatoms. The second-order valence-corrected chi connectivity index (χ2v) is 15.4. The van der Waals surface area contributed by atoms with Gasteiger partial charge in [-0.05, 0) is 69.0 Å². The van der Waals surface area contributed by atoms with Crippen LogP contribution in [0.15, 0.2) is 79.1 Å². The summed E-state index contributed by atoms with van der Waals surface area (Å²) in [6.07, 6.45) is 0.